The molecule has 0 aliphatic carbocycles. The Morgan fingerprint density at radius 2 is 0.773 bits per heavy atom. The third kappa shape index (κ3) is 33.2. The molecule has 0 atom stereocenters. The van der Waals surface area contributed by atoms with Gasteiger partial charge >= 0.3 is 0 Å². The molecule has 6 N–H and O–H groups in total. The van der Waals surface area contributed by atoms with E-state index < -0.39 is 0 Å². The molecule has 4 saturated heterocycles. The van der Waals surface area contributed by atoms with E-state index in [4.69, 9.17) is 34.5 Å². The number of aromatic hydroxyl groups is 3. The van der Waals surface area contributed by atoms with Crippen LogP contribution in [-0.2, 0) is 59.0 Å². The predicted octanol–water partition coefficient (Wildman–Crippen LogP) is 14.8. The van der Waals surface area contributed by atoms with Crippen molar-refractivity contribution in [2.24, 2.45) is 0 Å². The van der Waals surface area contributed by atoms with Crippen molar-refractivity contribution < 1.29 is 53.4 Å². The van der Waals surface area contributed by atoms with Crippen LogP contribution in [0.3, 0.4) is 0 Å². The number of ketones is 1. The number of rotatable bonds is 33. The van der Waals surface area contributed by atoms with Gasteiger partial charge < -0.3 is 79.5 Å². The number of anilines is 4. The van der Waals surface area contributed by atoms with Gasteiger partial charge in [0.25, 0.3) is 0 Å². The standard InChI is InChI=1S/C31H46N2O6.C22H28N2O2.C19H24N2O.C13H17NO.C6H7NO/c1-3-31(34)33(29-15-18-32(19-16-29)17-14-27-8-5-4-6-9-27)28-10-12-30(13-11-28)39-25-24-37-23-22-36-20-7-21-38-26-35-2;1-2-22(26)24(19-8-10-21(25)11-9-19)20-13-16-23(17-14-20)15-12-18-6-4-3-5-7-18;22-19-8-6-17(7-9-19)20-18-11-14-21(15-12-18)13-10-16-4-2-1-3-5-16;15-13-7-10-14(11-8-13)9-6-12-4-2-1-3-5-12;7-5-1-3-6(8)4-2-5/h4-6,8-13,29H,3,7,14-26H2,1-2H3;3-11,20,25H,2,12-17H2,1H3;1-9,18,20,22H,10-15H2;1-5H,6-11H2;1-4,8H,7H2. The van der Waals surface area contributed by atoms with Crippen LogP contribution in [0.25, 0.3) is 0 Å². The first-order valence-electron chi connectivity index (χ1n) is 39.9. The lowest BCUT2D eigenvalue weighted by atomic mass is 10.0. The van der Waals surface area contributed by atoms with Gasteiger partial charge in [0.2, 0.25) is 11.8 Å². The minimum Gasteiger partial charge on any atom is -0.508 e. The van der Waals surface area contributed by atoms with Crippen molar-refractivity contribution >= 4 is 40.3 Å². The summed E-state index contributed by atoms with van der Waals surface area (Å²) in [5.41, 5.74) is 14.5. The van der Waals surface area contributed by atoms with E-state index in [0.29, 0.717) is 82.5 Å². The quantitative estimate of drug-likeness (QED) is 0.0112. The van der Waals surface area contributed by atoms with Crippen molar-refractivity contribution in [3.8, 4) is 23.0 Å². The number of hydrogen-bond acceptors (Lipinski definition) is 17. The van der Waals surface area contributed by atoms with Gasteiger partial charge in [-0.3, -0.25) is 14.4 Å². The van der Waals surface area contributed by atoms with E-state index >= 15 is 0 Å². The number of Topliss-reactive ketones (excluding diaryl/α,β-unsaturated/α-hetero) is 1. The molecule has 0 bridgehead atoms. The number of phenols is 3. The molecular weight excluding hydrogens is 1380 g/mol. The molecule has 592 valence electrons. The molecule has 4 aliphatic rings. The Balaban J connectivity index is 0.000000186. The summed E-state index contributed by atoms with van der Waals surface area (Å²) in [5.74, 6) is 2.32. The fourth-order valence-corrected chi connectivity index (χ4v) is 13.8. The zero-order chi connectivity index (χ0) is 77.6. The third-order valence-electron chi connectivity index (χ3n) is 20.2. The molecule has 0 saturated carbocycles. The van der Waals surface area contributed by atoms with Crippen LogP contribution in [-0.4, -0.2) is 203 Å². The molecule has 0 radical (unpaired) electrons. The topological polar surface area (TPSA) is 216 Å². The van der Waals surface area contributed by atoms with Gasteiger partial charge in [-0.15, -0.1) is 0 Å². The van der Waals surface area contributed by atoms with E-state index in [1.165, 1.54) is 35.1 Å². The molecule has 110 heavy (non-hydrogen) atoms. The van der Waals surface area contributed by atoms with Crippen LogP contribution in [0.5, 0.6) is 23.0 Å². The zero-order valence-corrected chi connectivity index (χ0v) is 65.4. The summed E-state index contributed by atoms with van der Waals surface area (Å²) in [6.07, 6.45) is 14.0. The Morgan fingerprint density at radius 1 is 0.427 bits per heavy atom. The van der Waals surface area contributed by atoms with E-state index in [1.807, 2.05) is 78.2 Å². The Hall–Kier alpha value is -9.15. The molecule has 0 unspecified atom stereocenters. The average Bonchev–Trinajstić information content (AvgIpc) is 0.820. The highest BCUT2D eigenvalue weighted by Gasteiger charge is 2.30. The highest BCUT2D eigenvalue weighted by Crippen LogP contribution is 2.30. The van der Waals surface area contributed by atoms with Crippen LogP contribution in [0.2, 0.25) is 0 Å². The molecule has 0 aromatic heterocycles. The number of nitrogens with one attached hydrogen (secondary N) is 1. The number of nitrogens with two attached hydrogens (primary N) is 1. The van der Waals surface area contributed by atoms with Crippen LogP contribution in [0.4, 0.5) is 22.7 Å². The van der Waals surface area contributed by atoms with Crippen molar-refractivity contribution in [2.45, 2.75) is 128 Å². The molecule has 4 aliphatic heterocycles. The number of phenolic OH excluding ortho intramolecular Hbond substituents is 3. The largest absolute Gasteiger partial charge is 0.508 e. The Kier molecular flexibility index (Phi) is 39.8. The second-order valence-electron chi connectivity index (χ2n) is 28.4. The van der Waals surface area contributed by atoms with E-state index in [1.54, 1.807) is 55.6 Å². The maximum absolute atomic E-state index is 12.9. The van der Waals surface area contributed by atoms with Crippen LogP contribution in [0, 0.1) is 0 Å². The predicted molar refractivity (Wildman–Crippen MR) is 444 cm³/mol. The van der Waals surface area contributed by atoms with Gasteiger partial charge in [-0.1, -0.05) is 135 Å². The van der Waals surface area contributed by atoms with E-state index in [-0.39, 0.29) is 35.4 Å². The van der Waals surface area contributed by atoms with Crippen molar-refractivity contribution in [3.05, 3.63) is 241 Å². The first-order valence-corrected chi connectivity index (χ1v) is 39.9. The van der Waals surface area contributed by atoms with Gasteiger partial charge in [-0.05, 0) is 190 Å². The van der Waals surface area contributed by atoms with E-state index in [0.717, 1.165) is 172 Å². The van der Waals surface area contributed by atoms with E-state index in [9.17, 15) is 24.6 Å². The van der Waals surface area contributed by atoms with Crippen molar-refractivity contribution in [1.82, 2.24) is 19.6 Å². The highest BCUT2D eigenvalue weighted by atomic mass is 16.7. The lowest BCUT2D eigenvalue weighted by molar-refractivity contribution is -0.121. The number of piperidine rings is 4. The number of hydrogen-bond donors (Lipinski definition) is 5. The number of nitrogen functional groups attached to an aromatic ring is 1. The highest BCUT2D eigenvalue weighted by molar-refractivity contribution is 5.94. The molecule has 19 heteroatoms. The number of benzene rings is 8. The third-order valence-corrected chi connectivity index (χ3v) is 20.2. The minimum absolute atomic E-state index is 0.151. The van der Waals surface area contributed by atoms with Crippen molar-refractivity contribution in [1.29, 1.82) is 0 Å². The van der Waals surface area contributed by atoms with Gasteiger partial charge in [0.05, 0.1) is 26.4 Å². The molecule has 0 spiro atoms. The Bertz CT molecular complexity index is 3700. The molecule has 8 aromatic carbocycles. The summed E-state index contributed by atoms with van der Waals surface area (Å²) in [6.45, 7) is 20.1. The number of ether oxygens (including phenoxy) is 5. The molecular formula is C91H122N8O11. The van der Waals surface area contributed by atoms with Crippen LogP contribution in [0.1, 0.15) is 107 Å². The fraction of sp³-hybridized carbons (Fsp3) is 0.440. The molecule has 4 heterocycles. The summed E-state index contributed by atoms with van der Waals surface area (Å²) in [7, 11) is 1.61. The Labute approximate surface area is 654 Å². The summed E-state index contributed by atoms with van der Waals surface area (Å²) in [4.78, 5) is 50.4. The number of amides is 2. The average molecular weight is 1500 g/mol. The fourth-order valence-electron chi connectivity index (χ4n) is 13.8. The minimum atomic E-state index is 0.151. The first-order chi connectivity index (χ1) is 53.8. The molecule has 2 amide bonds. The van der Waals surface area contributed by atoms with Crippen LogP contribution >= 0.6 is 0 Å². The lowest BCUT2D eigenvalue weighted by Gasteiger charge is -2.38. The number of likely N-dealkylation sites (tertiary alicyclic amines) is 4. The van der Waals surface area contributed by atoms with Crippen molar-refractivity contribution in [3.63, 3.8) is 0 Å². The molecule has 12 rings (SSSR count). The van der Waals surface area contributed by atoms with Gasteiger partial charge in [-0.25, -0.2) is 0 Å². The molecule has 19 nitrogen and oxygen atoms in total. The summed E-state index contributed by atoms with van der Waals surface area (Å²) >= 11 is 0. The monoisotopic (exact) mass is 1500 g/mol. The normalized spacial score (nSPS) is 15.2. The smallest absolute Gasteiger partial charge is 0.226 e. The summed E-state index contributed by atoms with van der Waals surface area (Å²) in [5, 5.41) is 31.1. The maximum Gasteiger partial charge on any atom is 0.226 e. The number of carbonyl (C=O) groups is 3. The van der Waals surface area contributed by atoms with Crippen LogP contribution in [0.15, 0.2) is 218 Å². The maximum atomic E-state index is 12.9. The van der Waals surface area contributed by atoms with E-state index in [2.05, 4.69) is 140 Å². The van der Waals surface area contributed by atoms with Gasteiger partial charge in [-0.2, -0.15) is 0 Å². The van der Waals surface area contributed by atoms with Gasteiger partial charge in [0, 0.05) is 159 Å². The zero-order valence-electron chi connectivity index (χ0n) is 65.4. The second kappa shape index (κ2) is 50.6. The SMILES string of the molecule is CCC(=O)N(c1ccc(O)cc1)C1CCN(CCc2ccccc2)CC1.CCC(=O)N(c1ccc(OCCOCCOCCCOCOC)cc1)C1CCN(CCc2ccccc2)CC1.Nc1ccc(O)cc1.O=C1CCN(CCc2ccccc2)CC1.Oc1ccc(NC2CCN(CCc3ccccc3)CC2)cc1. The van der Waals surface area contributed by atoms with Gasteiger partial charge in [0.1, 0.15) is 42.2 Å². The number of methoxy groups -OCH3 is 1. The summed E-state index contributed by atoms with van der Waals surface area (Å²) in [6, 6.07) is 72.1. The molecule has 4 fully saturated rings. The molecule has 8 aromatic rings. The van der Waals surface area contributed by atoms with Gasteiger partial charge in [0.15, 0.2) is 0 Å². The van der Waals surface area contributed by atoms with Crippen LogP contribution < -0.4 is 25.6 Å². The number of nitrogens with zero attached hydrogens (tertiary/aromatic N) is 6. The Morgan fingerprint density at radius 3 is 1.16 bits per heavy atom. The second-order valence-corrected chi connectivity index (χ2v) is 28.4. The van der Waals surface area contributed by atoms with Crippen molar-refractivity contribution in [2.75, 3.05) is 153 Å². The summed E-state index contributed by atoms with van der Waals surface area (Å²) < 4.78 is 26.9. The number of carbonyl (C=O) groups excluding carboxylic acids is 3. The lowest BCUT2D eigenvalue weighted by Crippen LogP contribution is -2.47. The first kappa shape index (κ1) is 86.4.